The Morgan fingerprint density at radius 3 is 1.57 bits per heavy atom. The van der Waals surface area contributed by atoms with Gasteiger partial charge in [0.2, 0.25) is 0 Å². The first-order valence-electron chi connectivity index (χ1n) is 21.0. The second-order valence-electron chi connectivity index (χ2n) is 15.0. The average Bonchev–Trinajstić information content (AvgIpc) is 3.11. The van der Waals surface area contributed by atoms with E-state index in [1.807, 2.05) is 21.1 Å². The molecule has 0 bridgehead atoms. The highest BCUT2D eigenvalue weighted by molar-refractivity contribution is 7.45. The molecule has 0 spiro atoms. The fourth-order valence-corrected chi connectivity index (χ4v) is 6.07. The zero-order chi connectivity index (χ0) is 39.1. The van der Waals surface area contributed by atoms with Gasteiger partial charge in [-0.05, 0) is 51.4 Å². The summed E-state index contributed by atoms with van der Waals surface area (Å²) in [7, 11) is 1.31. The van der Waals surface area contributed by atoms with Gasteiger partial charge in [-0.25, -0.2) is 0 Å². The number of esters is 1. The molecule has 2 atom stereocenters. The molecular weight excluding hydrogens is 685 g/mol. The molecule has 0 heterocycles. The molecule has 0 aliphatic carbocycles. The van der Waals surface area contributed by atoms with Gasteiger partial charge in [-0.1, -0.05) is 158 Å². The van der Waals surface area contributed by atoms with Gasteiger partial charge in [0.1, 0.15) is 19.3 Å². The molecule has 0 aromatic rings. The quantitative estimate of drug-likeness (QED) is 0.0203. The van der Waals surface area contributed by atoms with Crippen molar-refractivity contribution >= 4 is 13.8 Å². The summed E-state index contributed by atoms with van der Waals surface area (Å²) in [4.78, 5) is 25.0. The molecule has 0 N–H and O–H groups in total. The Kier molecular flexibility index (Phi) is 35.9. The van der Waals surface area contributed by atoms with Crippen LogP contribution in [-0.4, -0.2) is 70.7 Å². The molecule has 0 aromatic heterocycles. The summed E-state index contributed by atoms with van der Waals surface area (Å²) in [6.07, 6.45) is 45.2. The minimum absolute atomic E-state index is 0.0140. The van der Waals surface area contributed by atoms with E-state index in [9.17, 15) is 14.3 Å². The third-order valence-electron chi connectivity index (χ3n) is 8.58. The van der Waals surface area contributed by atoms with Gasteiger partial charge in [-0.3, -0.25) is 9.36 Å². The fraction of sp³-hybridized carbons (Fsp3) is 0.750. The molecule has 0 fully saturated rings. The van der Waals surface area contributed by atoms with E-state index in [2.05, 4.69) is 74.6 Å². The molecule has 0 aliphatic heterocycles. The largest absolute Gasteiger partial charge is 0.756 e. The molecule has 8 nitrogen and oxygen atoms in total. The predicted molar refractivity (Wildman–Crippen MR) is 222 cm³/mol. The number of allylic oxidation sites excluding steroid dienone is 10. The molecule has 308 valence electrons. The lowest BCUT2D eigenvalue weighted by atomic mass is 10.0. The van der Waals surface area contributed by atoms with Gasteiger partial charge in [0.15, 0.2) is 0 Å². The third kappa shape index (κ3) is 41.2. The first-order chi connectivity index (χ1) is 25.6. The Labute approximate surface area is 326 Å². The van der Waals surface area contributed by atoms with Crippen molar-refractivity contribution in [3.63, 3.8) is 0 Å². The fourth-order valence-electron chi connectivity index (χ4n) is 5.35. The Balaban J connectivity index is 4.37. The number of unbranched alkanes of at least 4 members (excludes halogenated alkanes) is 14. The average molecular weight is 766 g/mol. The van der Waals surface area contributed by atoms with Crippen molar-refractivity contribution in [3.05, 3.63) is 60.8 Å². The van der Waals surface area contributed by atoms with E-state index in [-0.39, 0.29) is 26.2 Å². The van der Waals surface area contributed by atoms with Gasteiger partial charge in [0, 0.05) is 13.0 Å². The number of ether oxygens (including phenoxy) is 2. The summed E-state index contributed by atoms with van der Waals surface area (Å²) in [5.41, 5.74) is 0. The number of nitrogens with zero attached hydrogens (tertiary/aromatic N) is 1. The summed E-state index contributed by atoms with van der Waals surface area (Å²) in [6.45, 7) is 5.21. The van der Waals surface area contributed by atoms with Gasteiger partial charge in [-0.2, -0.15) is 0 Å². The Hall–Kier alpha value is -1.80. The Morgan fingerprint density at radius 1 is 0.604 bits per heavy atom. The number of rotatable bonds is 38. The van der Waals surface area contributed by atoms with Crippen molar-refractivity contribution in [1.82, 2.24) is 0 Å². The summed E-state index contributed by atoms with van der Waals surface area (Å²) in [6, 6.07) is 0. The summed E-state index contributed by atoms with van der Waals surface area (Å²) in [5.74, 6) is -0.391. The molecule has 0 radical (unpaired) electrons. The second-order valence-corrected chi connectivity index (χ2v) is 16.4. The third-order valence-corrected chi connectivity index (χ3v) is 9.55. The monoisotopic (exact) mass is 766 g/mol. The molecular formula is C44H80NO7P. The van der Waals surface area contributed by atoms with Crippen molar-refractivity contribution in [2.75, 3.05) is 54.1 Å². The normalized spacial score (nSPS) is 14.5. The van der Waals surface area contributed by atoms with E-state index in [1.165, 1.54) is 77.0 Å². The van der Waals surface area contributed by atoms with Crippen molar-refractivity contribution in [1.29, 1.82) is 0 Å². The molecule has 0 saturated carbocycles. The number of hydrogen-bond donors (Lipinski definition) is 0. The standard InChI is InChI=1S/C44H80NO7P/c1-6-8-10-12-14-16-18-20-22-23-24-25-27-29-31-33-35-37-44(46)52-43(42-51-53(47,48)50-40-38-45(3,4)5)41-49-39-36-34-32-30-28-26-21-19-17-15-13-11-9-7-2/h8,10,14,16,20,22,24-25,29,31,43H,6-7,9,11-13,15,17-19,21,23,26-28,30,32-42H2,1-5H3/b10-8+,16-14+,22-20+,25-24+,31-29+/t43-/m1/s1. The van der Waals surface area contributed by atoms with Gasteiger partial charge >= 0.3 is 5.97 Å². The first kappa shape index (κ1) is 51.2. The van der Waals surface area contributed by atoms with E-state index in [0.29, 0.717) is 24.1 Å². The van der Waals surface area contributed by atoms with Gasteiger partial charge in [0.05, 0.1) is 34.4 Å². The highest BCUT2D eigenvalue weighted by atomic mass is 31.2. The van der Waals surface area contributed by atoms with Crippen LogP contribution in [0.4, 0.5) is 0 Å². The molecule has 0 aromatic carbocycles. The zero-order valence-corrected chi connectivity index (χ0v) is 35.6. The number of carbonyl (C=O) groups is 1. The molecule has 53 heavy (non-hydrogen) atoms. The number of quaternary nitrogens is 1. The van der Waals surface area contributed by atoms with Crippen molar-refractivity contribution < 1.29 is 37.3 Å². The number of carbonyl (C=O) groups excluding carboxylic acids is 1. The Morgan fingerprint density at radius 2 is 1.08 bits per heavy atom. The lowest BCUT2D eigenvalue weighted by Crippen LogP contribution is -2.37. The van der Waals surface area contributed by atoms with Crippen LogP contribution in [0.1, 0.15) is 155 Å². The van der Waals surface area contributed by atoms with Crippen LogP contribution < -0.4 is 4.89 Å². The minimum atomic E-state index is -4.54. The van der Waals surface area contributed by atoms with E-state index < -0.39 is 19.9 Å². The number of phosphoric ester groups is 1. The van der Waals surface area contributed by atoms with Crippen LogP contribution in [0.3, 0.4) is 0 Å². The predicted octanol–water partition coefficient (Wildman–Crippen LogP) is 11.5. The van der Waals surface area contributed by atoms with Gasteiger partial charge < -0.3 is 27.9 Å². The number of hydrogen-bond acceptors (Lipinski definition) is 7. The van der Waals surface area contributed by atoms with E-state index in [1.54, 1.807) is 0 Å². The van der Waals surface area contributed by atoms with Gasteiger partial charge in [-0.15, -0.1) is 0 Å². The summed E-state index contributed by atoms with van der Waals surface area (Å²) in [5, 5.41) is 0. The van der Waals surface area contributed by atoms with Crippen molar-refractivity contribution in [2.45, 2.75) is 161 Å². The Bertz CT molecular complexity index is 1030. The van der Waals surface area contributed by atoms with Crippen LogP contribution in [0.15, 0.2) is 60.8 Å². The van der Waals surface area contributed by atoms with E-state index >= 15 is 0 Å². The minimum Gasteiger partial charge on any atom is -0.756 e. The number of likely N-dealkylation sites (N-methyl/N-ethyl adjacent to an activating group) is 1. The smallest absolute Gasteiger partial charge is 0.306 e. The maximum absolute atomic E-state index is 12.6. The first-order valence-corrected chi connectivity index (χ1v) is 22.5. The van der Waals surface area contributed by atoms with Crippen LogP contribution in [0.5, 0.6) is 0 Å². The van der Waals surface area contributed by atoms with E-state index in [4.69, 9.17) is 18.5 Å². The summed E-state index contributed by atoms with van der Waals surface area (Å²) < 4.78 is 34.5. The van der Waals surface area contributed by atoms with Crippen LogP contribution in [0.25, 0.3) is 0 Å². The van der Waals surface area contributed by atoms with Crippen LogP contribution in [0.2, 0.25) is 0 Å². The molecule has 9 heteroatoms. The van der Waals surface area contributed by atoms with E-state index in [0.717, 1.165) is 51.4 Å². The maximum atomic E-state index is 12.6. The zero-order valence-electron chi connectivity index (χ0n) is 34.7. The molecule has 0 aliphatic rings. The lowest BCUT2D eigenvalue weighted by Gasteiger charge is -2.28. The topological polar surface area (TPSA) is 94.1 Å². The molecule has 0 saturated heterocycles. The summed E-state index contributed by atoms with van der Waals surface area (Å²) >= 11 is 0. The van der Waals surface area contributed by atoms with Gasteiger partial charge in [0.25, 0.3) is 7.82 Å². The molecule has 1 unspecified atom stereocenters. The highest BCUT2D eigenvalue weighted by Gasteiger charge is 2.20. The van der Waals surface area contributed by atoms with Crippen molar-refractivity contribution in [2.24, 2.45) is 0 Å². The van der Waals surface area contributed by atoms with Crippen LogP contribution in [-0.2, 0) is 27.9 Å². The van der Waals surface area contributed by atoms with Crippen LogP contribution in [0, 0.1) is 0 Å². The second kappa shape index (κ2) is 37.1. The lowest BCUT2D eigenvalue weighted by molar-refractivity contribution is -0.870. The molecule has 0 rings (SSSR count). The van der Waals surface area contributed by atoms with Crippen LogP contribution >= 0.6 is 7.82 Å². The maximum Gasteiger partial charge on any atom is 0.306 e. The number of phosphoric acid groups is 1. The highest BCUT2D eigenvalue weighted by Crippen LogP contribution is 2.38. The molecule has 0 amide bonds. The SMILES string of the molecule is CC/C=C/C/C=C/C/C=C/C/C=C/C/C=C/CCCC(=O)O[C@H](COCCCCCCCCCCCCCCCC)COP(=O)([O-])OCC[N+](C)(C)C. The van der Waals surface area contributed by atoms with Crippen molar-refractivity contribution in [3.8, 4) is 0 Å².